The Labute approximate surface area is 122 Å². The lowest BCUT2D eigenvalue weighted by atomic mass is 10.3. The Morgan fingerprint density at radius 2 is 1.94 bits per heavy atom. The minimum absolute atomic E-state index is 0.313. The summed E-state index contributed by atoms with van der Waals surface area (Å²) in [6, 6.07) is 0. The topological polar surface area (TPSA) is 62.0 Å². The Bertz CT molecular complexity index is 344. The second-order valence-electron chi connectivity index (χ2n) is 3.10. The average molecular weight is 344 g/mol. The highest BCUT2D eigenvalue weighted by atomic mass is 35.6. The molecule has 1 unspecified atom stereocenters. The smallest absolute Gasteiger partial charge is 0.227 e. The highest BCUT2D eigenvalue weighted by molar-refractivity contribution is 6.75. The van der Waals surface area contributed by atoms with Gasteiger partial charge in [-0.05, 0) is 6.92 Å². The normalized spacial score (nSPS) is 21.2. The van der Waals surface area contributed by atoms with E-state index in [4.69, 9.17) is 58.0 Å². The molecule has 11 heteroatoms. The maximum absolute atomic E-state index is 10.8. The number of nitrogens with zero attached hydrogens (tertiary/aromatic N) is 4. The highest BCUT2D eigenvalue weighted by Gasteiger charge is 2.60. The molecule has 1 aliphatic heterocycles. The van der Waals surface area contributed by atoms with E-state index >= 15 is 0 Å². The van der Waals surface area contributed by atoms with Gasteiger partial charge in [0.15, 0.2) is 11.4 Å². The second-order valence-corrected chi connectivity index (χ2v) is 6.77. The van der Waals surface area contributed by atoms with Gasteiger partial charge in [0, 0.05) is 6.54 Å². The number of hydrogen-bond acceptors (Lipinski definition) is 4. The van der Waals surface area contributed by atoms with E-state index in [1.54, 1.807) is 6.92 Å². The number of alkyl halides is 5. The summed E-state index contributed by atoms with van der Waals surface area (Å²) in [4.78, 5) is 10.8. The summed E-state index contributed by atoms with van der Waals surface area (Å²) in [6.45, 7) is 2.02. The molecule has 0 saturated heterocycles. The van der Waals surface area contributed by atoms with E-state index < -0.39 is 19.3 Å². The second kappa shape index (κ2) is 5.01. The molecule has 98 valence electrons. The van der Waals surface area contributed by atoms with Crippen molar-refractivity contribution in [3.8, 4) is 0 Å². The largest absolute Gasteiger partial charge is 0.264 e. The number of nitro groups is 1. The Morgan fingerprint density at radius 1 is 1.41 bits per heavy atom. The van der Waals surface area contributed by atoms with Gasteiger partial charge in [0.1, 0.15) is 0 Å². The summed E-state index contributed by atoms with van der Waals surface area (Å²) in [5.74, 6) is 0. The fourth-order valence-corrected chi connectivity index (χ4v) is 1.99. The van der Waals surface area contributed by atoms with Gasteiger partial charge in [0.05, 0.1) is 0 Å². The Hall–Kier alpha value is 0.120. The van der Waals surface area contributed by atoms with Crippen LogP contribution < -0.4 is 0 Å². The molecule has 1 aliphatic rings. The van der Waals surface area contributed by atoms with Crippen molar-refractivity contribution in [1.82, 2.24) is 10.0 Å². The predicted molar refractivity (Wildman–Crippen MR) is 68.2 cm³/mol. The molecule has 0 aromatic rings. The van der Waals surface area contributed by atoms with Gasteiger partial charge in [-0.3, -0.25) is 5.01 Å². The van der Waals surface area contributed by atoms with E-state index in [-0.39, 0.29) is 0 Å². The maximum atomic E-state index is 10.8. The number of hydrazone groups is 1. The van der Waals surface area contributed by atoms with Crippen molar-refractivity contribution in [3.05, 3.63) is 10.1 Å². The summed E-state index contributed by atoms with van der Waals surface area (Å²) >= 11 is 28.8. The molecule has 17 heavy (non-hydrogen) atoms. The van der Waals surface area contributed by atoms with E-state index in [1.165, 1.54) is 5.01 Å². The quantitative estimate of drug-likeness (QED) is 0.449. The lowest BCUT2D eigenvalue weighted by molar-refractivity contribution is -0.638. The van der Waals surface area contributed by atoms with Gasteiger partial charge in [-0.25, -0.2) is 10.1 Å². The van der Waals surface area contributed by atoms with Crippen LogP contribution in [0.15, 0.2) is 5.10 Å². The molecule has 0 saturated carbocycles. The third kappa shape index (κ3) is 2.76. The van der Waals surface area contributed by atoms with E-state index in [9.17, 15) is 10.1 Å². The predicted octanol–water partition coefficient (Wildman–Crippen LogP) is 2.63. The van der Waals surface area contributed by atoms with E-state index in [1.807, 2.05) is 0 Å². The van der Waals surface area contributed by atoms with Gasteiger partial charge in [-0.2, -0.15) is 5.10 Å². The summed E-state index contributed by atoms with van der Waals surface area (Å²) < 4.78 is -4.15. The molecule has 1 heterocycles. The molecule has 0 N–H and O–H groups in total. The van der Waals surface area contributed by atoms with Crippen LogP contribution >= 0.6 is 58.0 Å². The molecule has 0 fully saturated rings. The molecule has 1 rings (SSSR count). The first kappa shape index (κ1) is 15.2. The maximum Gasteiger partial charge on any atom is 0.227 e. The SMILES string of the molecule is CCN1N=CN([N+](=O)[O-])C1C(Cl)(Cl)C(Cl)(Cl)Cl. The molecule has 6 nitrogen and oxygen atoms in total. The van der Waals surface area contributed by atoms with Crippen molar-refractivity contribution < 1.29 is 5.03 Å². The van der Waals surface area contributed by atoms with Crippen molar-refractivity contribution in [2.75, 3.05) is 6.54 Å². The van der Waals surface area contributed by atoms with Crippen LogP contribution in [-0.4, -0.2) is 42.2 Å². The molecule has 0 spiro atoms. The standard InChI is InChI=1S/C6H7Cl5N4O2/c1-2-13-4(5(7,8)6(9,10)11)14(3-12-13)15(16)17/h3-4H,2H2,1H3. The van der Waals surface area contributed by atoms with Crippen LogP contribution in [0.5, 0.6) is 0 Å². The van der Waals surface area contributed by atoms with E-state index in [0.717, 1.165) is 6.34 Å². The summed E-state index contributed by atoms with van der Waals surface area (Å²) in [6.07, 6.45) is -0.247. The van der Waals surface area contributed by atoms with Crippen molar-refractivity contribution in [3.63, 3.8) is 0 Å². The molecule has 0 aliphatic carbocycles. The zero-order chi connectivity index (χ0) is 13.4. The summed E-state index contributed by atoms with van der Waals surface area (Å²) in [5.41, 5.74) is 0. The monoisotopic (exact) mass is 342 g/mol. The molecule has 0 amide bonds. The van der Waals surface area contributed by atoms with E-state index in [2.05, 4.69) is 5.10 Å². The fourth-order valence-electron chi connectivity index (χ4n) is 1.27. The molecule has 0 aromatic heterocycles. The van der Waals surface area contributed by atoms with Crippen LogP contribution in [0.2, 0.25) is 0 Å². The first-order valence-electron chi connectivity index (χ1n) is 4.30. The first-order valence-corrected chi connectivity index (χ1v) is 6.19. The molecule has 0 aromatic carbocycles. The van der Waals surface area contributed by atoms with Crippen molar-refractivity contribution >= 4 is 64.3 Å². The minimum atomic E-state index is -2.11. The van der Waals surface area contributed by atoms with Gasteiger partial charge >= 0.3 is 0 Å². The third-order valence-corrected chi connectivity index (χ3v) is 4.50. The van der Waals surface area contributed by atoms with Crippen molar-refractivity contribution in [1.29, 1.82) is 0 Å². The molecule has 0 radical (unpaired) electrons. The summed E-state index contributed by atoms with van der Waals surface area (Å²) in [7, 11) is 0. The van der Waals surface area contributed by atoms with Crippen molar-refractivity contribution in [2.45, 2.75) is 21.2 Å². The highest BCUT2D eigenvalue weighted by Crippen LogP contribution is 2.50. The van der Waals surface area contributed by atoms with Crippen LogP contribution in [0.25, 0.3) is 0 Å². The lowest BCUT2D eigenvalue weighted by Gasteiger charge is -2.36. The Balaban J connectivity index is 3.11. The van der Waals surface area contributed by atoms with Gasteiger partial charge in [-0.1, -0.05) is 63.0 Å². The lowest BCUT2D eigenvalue weighted by Crippen LogP contribution is -2.58. The zero-order valence-electron chi connectivity index (χ0n) is 8.36. The number of hydrazine groups is 1. The molecular formula is C6H7Cl5N4O2. The van der Waals surface area contributed by atoms with Crippen molar-refractivity contribution in [2.24, 2.45) is 5.10 Å². The number of halogens is 5. The van der Waals surface area contributed by atoms with Crippen LogP contribution in [0.1, 0.15) is 6.92 Å². The van der Waals surface area contributed by atoms with Gasteiger partial charge in [0.25, 0.3) is 0 Å². The average Bonchev–Trinajstić information content (AvgIpc) is 2.59. The minimum Gasteiger partial charge on any atom is -0.264 e. The van der Waals surface area contributed by atoms with Crippen LogP contribution in [0.4, 0.5) is 0 Å². The van der Waals surface area contributed by atoms with Crippen LogP contribution in [0.3, 0.4) is 0 Å². The van der Waals surface area contributed by atoms with Crippen LogP contribution in [-0.2, 0) is 0 Å². The van der Waals surface area contributed by atoms with Gasteiger partial charge in [0.2, 0.25) is 14.3 Å². The number of rotatable bonds is 3. The third-order valence-electron chi connectivity index (χ3n) is 2.07. The first-order chi connectivity index (χ1) is 7.63. The molecular weight excluding hydrogens is 337 g/mol. The Morgan fingerprint density at radius 3 is 2.29 bits per heavy atom. The summed E-state index contributed by atoms with van der Waals surface area (Å²) in [5, 5.41) is 15.7. The fraction of sp³-hybridized carbons (Fsp3) is 0.833. The van der Waals surface area contributed by atoms with Gasteiger partial charge in [-0.15, -0.1) is 0 Å². The molecule has 1 atom stereocenters. The van der Waals surface area contributed by atoms with Crippen LogP contribution in [0, 0.1) is 10.1 Å². The Kier molecular flexibility index (Phi) is 4.47. The number of hydrogen-bond donors (Lipinski definition) is 0. The van der Waals surface area contributed by atoms with E-state index in [0.29, 0.717) is 11.6 Å². The van der Waals surface area contributed by atoms with Gasteiger partial charge < -0.3 is 0 Å². The zero-order valence-corrected chi connectivity index (χ0v) is 12.1. The molecule has 0 bridgehead atoms.